The Morgan fingerprint density at radius 3 is 2.63 bits per heavy atom. The Balaban J connectivity index is 1.13. The molecule has 2 fully saturated rings. The SMILES string of the molecule is N#CCC1(n2ccc(-c3ccnc4c3ccn4P)c2)CC(N2CCC(Oc3ccccc3)CC2)C1. The van der Waals surface area contributed by atoms with Gasteiger partial charge >= 0.3 is 0 Å². The predicted octanol–water partition coefficient (Wildman–Crippen LogP) is 5.46. The molecule has 7 heteroatoms. The molecule has 4 heterocycles. The van der Waals surface area contributed by atoms with E-state index in [0.717, 1.165) is 55.6 Å². The second-order valence-electron chi connectivity index (χ2n) is 9.91. The van der Waals surface area contributed by atoms with Gasteiger partial charge in [0, 0.05) is 54.9 Å². The van der Waals surface area contributed by atoms with Gasteiger partial charge in [-0.2, -0.15) is 5.26 Å². The summed E-state index contributed by atoms with van der Waals surface area (Å²) in [5, 5.41) is 10.8. The van der Waals surface area contributed by atoms with E-state index in [1.165, 1.54) is 11.1 Å². The van der Waals surface area contributed by atoms with E-state index >= 15 is 0 Å². The van der Waals surface area contributed by atoms with Crippen molar-refractivity contribution in [2.45, 2.75) is 49.8 Å². The number of rotatable bonds is 6. The van der Waals surface area contributed by atoms with E-state index in [4.69, 9.17) is 4.74 Å². The first-order chi connectivity index (χ1) is 17.1. The summed E-state index contributed by atoms with van der Waals surface area (Å²) in [6.45, 7) is 2.12. The summed E-state index contributed by atoms with van der Waals surface area (Å²) in [7, 11) is 2.69. The topological polar surface area (TPSA) is 59.0 Å². The molecule has 6 nitrogen and oxygen atoms in total. The lowest BCUT2D eigenvalue weighted by Gasteiger charge is -2.53. The minimum atomic E-state index is -0.117. The second-order valence-corrected chi connectivity index (χ2v) is 10.5. The number of nitriles is 1. The smallest absolute Gasteiger partial charge is 0.143 e. The Bertz CT molecular complexity index is 1360. The van der Waals surface area contributed by atoms with Crippen LogP contribution in [-0.4, -0.2) is 44.0 Å². The van der Waals surface area contributed by atoms with Gasteiger partial charge in [-0.05, 0) is 71.0 Å². The Hall–Kier alpha value is -3.13. The van der Waals surface area contributed by atoms with Crippen LogP contribution in [0.4, 0.5) is 0 Å². The van der Waals surface area contributed by atoms with E-state index in [9.17, 15) is 5.26 Å². The van der Waals surface area contributed by atoms with E-state index in [1.807, 2.05) is 47.1 Å². The highest BCUT2D eigenvalue weighted by Crippen LogP contribution is 2.46. The normalized spacial score (nSPS) is 23.1. The highest BCUT2D eigenvalue weighted by atomic mass is 31.0. The van der Waals surface area contributed by atoms with Crippen LogP contribution in [0, 0.1) is 11.3 Å². The van der Waals surface area contributed by atoms with E-state index < -0.39 is 0 Å². The lowest BCUT2D eigenvalue weighted by molar-refractivity contribution is -0.0151. The molecule has 1 aliphatic heterocycles. The largest absolute Gasteiger partial charge is 0.490 e. The van der Waals surface area contributed by atoms with Gasteiger partial charge in [0.2, 0.25) is 0 Å². The fraction of sp³-hybridized carbons (Fsp3) is 0.357. The van der Waals surface area contributed by atoms with Crippen LogP contribution in [0.3, 0.4) is 0 Å². The molecule has 2 aliphatic rings. The Morgan fingerprint density at radius 2 is 1.86 bits per heavy atom. The highest BCUT2D eigenvalue weighted by Gasteiger charge is 2.48. The van der Waals surface area contributed by atoms with Gasteiger partial charge in [-0.15, -0.1) is 0 Å². The fourth-order valence-corrected chi connectivity index (χ4v) is 6.17. The minimum absolute atomic E-state index is 0.117. The van der Waals surface area contributed by atoms with E-state index in [1.54, 1.807) is 0 Å². The first kappa shape index (κ1) is 22.3. The molecule has 1 atom stereocenters. The summed E-state index contributed by atoms with van der Waals surface area (Å²) < 4.78 is 10.5. The van der Waals surface area contributed by atoms with E-state index in [-0.39, 0.29) is 11.6 Å². The van der Waals surface area contributed by atoms with Crippen molar-refractivity contribution in [3.05, 3.63) is 73.3 Å². The van der Waals surface area contributed by atoms with Crippen LogP contribution < -0.4 is 4.74 Å². The van der Waals surface area contributed by atoms with Gasteiger partial charge in [0.05, 0.1) is 18.0 Å². The number of benzene rings is 1. The molecule has 0 amide bonds. The fourth-order valence-electron chi connectivity index (χ4n) is 5.88. The predicted molar refractivity (Wildman–Crippen MR) is 141 cm³/mol. The number of aromatic nitrogens is 3. The van der Waals surface area contributed by atoms with Gasteiger partial charge in [0.25, 0.3) is 0 Å². The molecule has 6 rings (SSSR count). The standard InChI is InChI=1S/C28H30N5OP/c29-12-11-28(32-16-7-21(20-32)25-6-13-30-27-26(25)10-17-33(27)35)18-22(19-28)31-14-8-24(9-15-31)34-23-4-2-1-3-5-23/h1-7,10,13,16-17,20,22,24H,8-9,11,14-15,18-19,35H2. The van der Waals surface area contributed by atoms with Crippen molar-refractivity contribution in [1.82, 2.24) is 18.8 Å². The molecule has 1 saturated heterocycles. The monoisotopic (exact) mass is 483 g/mol. The van der Waals surface area contributed by atoms with Gasteiger partial charge in [-0.1, -0.05) is 18.2 Å². The second kappa shape index (κ2) is 9.15. The van der Waals surface area contributed by atoms with Crippen molar-refractivity contribution in [2.75, 3.05) is 13.1 Å². The zero-order valence-electron chi connectivity index (χ0n) is 19.8. The molecule has 1 aliphatic carbocycles. The molecular weight excluding hydrogens is 453 g/mol. The van der Waals surface area contributed by atoms with Gasteiger partial charge < -0.3 is 13.6 Å². The number of likely N-dealkylation sites (tertiary alicyclic amines) is 1. The van der Waals surface area contributed by atoms with Crippen LogP contribution in [0.15, 0.2) is 73.3 Å². The summed E-state index contributed by atoms with van der Waals surface area (Å²) in [4.78, 5) is 7.12. The third-order valence-electron chi connectivity index (χ3n) is 7.85. The molecule has 178 valence electrons. The van der Waals surface area contributed by atoms with Crippen molar-refractivity contribution in [2.24, 2.45) is 0 Å². The maximum Gasteiger partial charge on any atom is 0.143 e. The van der Waals surface area contributed by atoms with Crippen molar-refractivity contribution in [3.8, 4) is 22.9 Å². The maximum absolute atomic E-state index is 9.66. The average molecular weight is 484 g/mol. The van der Waals surface area contributed by atoms with E-state index in [2.05, 4.69) is 60.5 Å². The first-order valence-corrected chi connectivity index (χ1v) is 12.9. The third-order valence-corrected chi connectivity index (χ3v) is 8.26. The molecule has 1 aromatic carbocycles. The van der Waals surface area contributed by atoms with Gasteiger partial charge in [-0.3, -0.25) is 4.90 Å². The number of pyridine rings is 1. The van der Waals surface area contributed by atoms with Crippen LogP contribution >= 0.6 is 9.39 Å². The summed E-state index contributed by atoms with van der Waals surface area (Å²) in [5.41, 5.74) is 3.19. The summed E-state index contributed by atoms with van der Waals surface area (Å²) in [6.07, 6.45) is 13.2. The average Bonchev–Trinajstić information content (AvgIpc) is 3.50. The summed E-state index contributed by atoms with van der Waals surface area (Å²) in [6, 6.07) is 19.5. The van der Waals surface area contributed by atoms with Crippen LogP contribution in [-0.2, 0) is 5.54 Å². The number of piperidine rings is 1. The van der Waals surface area contributed by atoms with Crippen molar-refractivity contribution in [1.29, 1.82) is 5.26 Å². The molecule has 0 radical (unpaired) electrons. The zero-order valence-corrected chi connectivity index (χ0v) is 20.9. The highest BCUT2D eigenvalue weighted by molar-refractivity contribution is 7.14. The maximum atomic E-state index is 9.66. The number of para-hydroxylation sites is 1. The number of fused-ring (bicyclic) bond motifs is 1. The summed E-state index contributed by atoms with van der Waals surface area (Å²) >= 11 is 0. The quantitative estimate of drug-likeness (QED) is 0.342. The number of hydrogen-bond donors (Lipinski definition) is 0. The van der Waals surface area contributed by atoms with Crippen LogP contribution in [0.2, 0.25) is 0 Å². The van der Waals surface area contributed by atoms with Gasteiger partial charge in [0.1, 0.15) is 17.5 Å². The van der Waals surface area contributed by atoms with Crippen molar-refractivity contribution < 1.29 is 4.74 Å². The van der Waals surface area contributed by atoms with Crippen molar-refractivity contribution >= 4 is 20.4 Å². The van der Waals surface area contributed by atoms with Crippen LogP contribution in [0.5, 0.6) is 5.75 Å². The Kier molecular flexibility index (Phi) is 5.84. The zero-order chi connectivity index (χ0) is 23.8. The minimum Gasteiger partial charge on any atom is -0.490 e. The van der Waals surface area contributed by atoms with E-state index in [0.29, 0.717) is 12.5 Å². The first-order valence-electron chi connectivity index (χ1n) is 12.4. The third kappa shape index (κ3) is 4.14. The van der Waals surface area contributed by atoms with Crippen LogP contribution in [0.25, 0.3) is 22.2 Å². The molecule has 0 bridgehead atoms. The Labute approximate surface area is 208 Å². The molecule has 4 aromatic rings. The molecular formula is C28H30N5OP. The molecule has 3 aromatic heterocycles. The molecule has 0 N–H and O–H groups in total. The molecule has 1 saturated carbocycles. The van der Waals surface area contributed by atoms with Gasteiger partial charge in [0.15, 0.2) is 0 Å². The molecule has 1 unspecified atom stereocenters. The summed E-state index contributed by atoms with van der Waals surface area (Å²) in [5.74, 6) is 0.965. The Morgan fingerprint density at radius 1 is 1.06 bits per heavy atom. The van der Waals surface area contributed by atoms with Crippen LogP contribution in [0.1, 0.15) is 32.1 Å². The van der Waals surface area contributed by atoms with Crippen molar-refractivity contribution in [3.63, 3.8) is 0 Å². The number of ether oxygens (including phenoxy) is 1. The molecule has 35 heavy (non-hydrogen) atoms. The molecule has 0 spiro atoms. The van der Waals surface area contributed by atoms with Gasteiger partial charge in [-0.25, -0.2) is 4.98 Å². The number of nitrogens with zero attached hydrogens (tertiary/aromatic N) is 5. The number of hydrogen-bond acceptors (Lipinski definition) is 4. The lowest BCUT2D eigenvalue weighted by Crippen LogP contribution is -2.57. The lowest BCUT2D eigenvalue weighted by atomic mass is 9.69.